The second-order valence-corrected chi connectivity index (χ2v) is 4.88. The molecule has 0 bridgehead atoms. The van der Waals surface area contributed by atoms with Crippen molar-refractivity contribution in [2.24, 2.45) is 0 Å². The molecule has 0 saturated carbocycles. The summed E-state index contributed by atoms with van der Waals surface area (Å²) in [5.41, 5.74) is 2.06. The molecular formula is C15H22FNO. The Bertz CT molecular complexity index is 409. The van der Waals surface area contributed by atoms with Gasteiger partial charge < -0.3 is 10.1 Å². The number of ether oxygens (including phenoxy) is 1. The Morgan fingerprint density at radius 2 is 2.11 bits per heavy atom. The molecule has 0 heterocycles. The molecule has 0 saturated heterocycles. The van der Waals surface area contributed by atoms with E-state index in [0.29, 0.717) is 19.2 Å². The van der Waals surface area contributed by atoms with Gasteiger partial charge in [0, 0.05) is 18.2 Å². The van der Waals surface area contributed by atoms with Crippen LogP contribution in [0.3, 0.4) is 0 Å². The zero-order valence-electron chi connectivity index (χ0n) is 11.6. The van der Waals surface area contributed by atoms with Crippen LogP contribution in [0.1, 0.15) is 33.3 Å². The Labute approximate surface area is 109 Å². The molecule has 0 spiro atoms. The Morgan fingerprint density at radius 1 is 1.39 bits per heavy atom. The largest absolute Gasteiger partial charge is 0.489 e. The van der Waals surface area contributed by atoms with Crippen molar-refractivity contribution in [3.8, 4) is 5.75 Å². The highest BCUT2D eigenvalue weighted by Crippen LogP contribution is 2.20. The molecule has 18 heavy (non-hydrogen) atoms. The van der Waals surface area contributed by atoms with Crippen molar-refractivity contribution in [1.82, 2.24) is 5.32 Å². The summed E-state index contributed by atoms with van der Waals surface area (Å²) < 4.78 is 18.9. The van der Waals surface area contributed by atoms with E-state index in [1.54, 1.807) is 6.07 Å². The van der Waals surface area contributed by atoms with Crippen molar-refractivity contribution in [3.63, 3.8) is 0 Å². The number of nitrogens with one attached hydrogen (secondary N) is 1. The first-order chi connectivity index (χ1) is 8.49. The van der Waals surface area contributed by atoms with E-state index in [-0.39, 0.29) is 5.82 Å². The van der Waals surface area contributed by atoms with Crippen molar-refractivity contribution >= 4 is 0 Å². The molecule has 1 aromatic rings. The standard InChI is InChI=1S/C15H22FNO/c1-11(2)7-8-18-15-6-5-14(16)9-13(15)10-17-12(3)4/h5-7,9,12,17H,8,10H2,1-4H3. The molecule has 3 heteroatoms. The van der Waals surface area contributed by atoms with Crippen LogP contribution in [0, 0.1) is 5.82 Å². The third-order valence-corrected chi connectivity index (χ3v) is 2.45. The zero-order valence-corrected chi connectivity index (χ0v) is 11.6. The van der Waals surface area contributed by atoms with E-state index in [9.17, 15) is 4.39 Å². The first-order valence-corrected chi connectivity index (χ1v) is 6.27. The van der Waals surface area contributed by atoms with Crippen LogP contribution in [0.15, 0.2) is 29.8 Å². The number of benzene rings is 1. The van der Waals surface area contributed by atoms with Crippen LogP contribution in [0.25, 0.3) is 0 Å². The average Bonchev–Trinajstić information content (AvgIpc) is 2.28. The summed E-state index contributed by atoms with van der Waals surface area (Å²) >= 11 is 0. The minimum Gasteiger partial charge on any atom is -0.489 e. The Morgan fingerprint density at radius 3 is 2.72 bits per heavy atom. The molecule has 0 aliphatic heterocycles. The highest BCUT2D eigenvalue weighted by Gasteiger charge is 2.05. The maximum Gasteiger partial charge on any atom is 0.124 e. The van der Waals surface area contributed by atoms with E-state index < -0.39 is 0 Å². The minimum atomic E-state index is -0.231. The van der Waals surface area contributed by atoms with Crippen LogP contribution in [0.4, 0.5) is 4.39 Å². The lowest BCUT2D eigenvalue weighted by atomic mass is 10.2. The smallest absolute Gasteiger partial charge is 0.124 e. The van der Waals surface area contributed by atoms with Crippen molar-refractivity contribution in [2.45, 2.75) is 40.3 Å². The van der Waals surface area contributed by atoms with Gasteiger partial charge in [-0.3, -0.25) is 0 Å². The molecule has 1 aromatic carbocycles. The van der Waals surface area contributed by atoms with Crippen molar-refractivity contribution < 1.29 is 9.13 Å². The molecule has 0 aromatic heterocycles. The molecule has 0 radical (unpaired) electrons. The minimum absolute atomic E-state index is 0.231. The SMILES string of the molecule is CC(C)=CCOc1ccc(F)cc1CNC(C)C. The lowest BCUT2D eigenvalue weighted by Gasteiger charge is -2.13. The molecule has 1 rings (SSSR count). The van der Waals surface area contributed by atoms with Gasteiger partial charge >= 0.3 is 0 Å². The maximum atomic E-state index is 13.2. The average molecular weight is 251 g/mol. The lowest BCUT2D eigenvalue weighted by molar-refractivity contribution is 0.355. The molecule has 2 nitrogen and oxygen atoms in total. The van der Waals surface area contributed by atoms with Gasteiger partial charge in [-0.05, 0) is 38.1 Å². The van der Waals surface area contributed by atoms with E-state index in [4.69, 9.17) is 4.74 Å². The van der Waals surface area contributed by atoms with Crippen LogP contribution in [-0.4, -0.2) is 12.6 Å². The Balaban J connectivity index is 2.72. The molecule has 0 aliphatic carbocycles. The van der Waals surface area contributed by atoms with Crippen LogP contribution in [0.2, 0.25) is 0 Å². The number of allylic oxidation sites excluding steroid dienone is 1. The first-order valence-electron chi connectivity index (χ1n) is 6.27. The lowest BCUT2D eigenvalue weighted by Crippen LogP contribution is -2.22. The maximum absolute atomic E-state index is 13.2. The normalized spacial score (nSPS) is 10.6. The van der Waals surface area contributed by atoms with E-state index >= 15 is 0 Å². The van der Waals surface area contributed by atoms with E-state index in [0.717, 1.165) is 11.3 Å². The highest BCUT2D eigenvalue weighted by molar-refractivity contribution is 5.34. The van der Waals surface area contributed by atoms with Crippen LogP contribution < -0.4 is 10.1 Å². The Hall–Kier alpha value is -1.35. The number of rotatable bonds is 6. The highest BCUT2D eigenvalue weighted by atomic mass is 19.1. The number of hydrogen-bond donors (Lipinski definition) is 1. The molecule has 0 unspecified atom stereocenters. The monoisotopic (exact) mass is 251 g/mol. The van der Waals surface area contributed by atoms with Gasteiger partial charge in [0.25, 0.3) is 0 Å². The molecule has 0 atom stereocenters. The van der Waals surface area contributed by atoms with Crippen molar-refractivity contribution in [1.29, 1.82) is 0 Å². The summed E-state index contributed by atoms with van der Waals surface area (Å²) in [6, 6.07) is 4.99. The van der Waals surface area contributed by atoms with Gasteiger partial charge in [-0.2, -0.15) is 0 Å². The number of hydrogen-bond acceptors (Lipinski definition) is 2. The van der Waals surface area contributed by atoms with Crippen molar-refractivity contribution in [2.75, 3.05) is 6.61 Å². The summed E-state index contributed by atoms with van der Waals surface area (Å²) in [7, 11) is 0. The third-order valence-electron chi connectivity index (χ3n) is 2.45. The fourth-order valence-corrected chi connectivity index (χ4v) is 1.44. The first kappa shape index (κ1) is 14.7. The van der Waals surface area contributed by atoms with Gasteiger partial charge in [-0.25, -0.2) is 4.39 Å². The fourth-order valence-electron chi connectivity index (χ4n) is 1.44. The van der Waals surface area contributed by atoms with Gasteiger partial charge in [0.1, 0.15) is 18.2 Å². The summed E-state index contributed by atoms with van der Waals surface area (Å²) in [6.07, 6.45) is 2.00. The van der Waals surface area contributed by atoms with Gasteiger partial charge in [0.15, 0.2) is 0 Å². The van der Waals surface area contributed by atoms with Gasteiger partial charge in [-0.15, -0.1) is 0 Å². The van der Waals surface area contributed by atoms with Crippen LogP contribution >= 0.6 is 0 Å². The van der Waals surface area contributed by atoms with Gasteiger partial charge in [0.05, 0.1) is 0 Å². The quantitative estimate of drug-likeness (QED) is 0.779. The van der Waals surface area contributed by atoms with E-state index in [1.165, 1.54) is 17.7 Å². The predicted octanol–water partition coefficient (Wildman–Crippen LogP) is 3.67. The van der Waals surface area contributed by atoms with Gasteiger partial charge in [0.2, 0.25) is 0 Å². The van der Waals surface area contributed by atoms with Crippen LogP contribution in [-0.2, 0) is 6.54 Å². The fraction of sp³-hybridized carbons (Fsp3) is 0.467. The molecule has 1 N–H and O–H groups in total. The Kier molecular flexibility index (Phi) is 5.86. The van der Waals surface area contributed by atoms with E-state index in [1.807, 2.05) is 19.9 Å². The van der Waals surface area contributed by atoms with E-state index in [2.05, 4.69) is 19.2 Å². The summed E-state index contributed by atoms with van der Waals surface area (Å²) in [5, 5.41) is 3.27. The molecule has 0 fully saturated rings. The summed E-state index contributed by atoms with van der Waals surface area (Å²) in [4.78, 5) is 0. The topological polar surface area (TPSA) is 21.3 Å². The third kappa shape index (κ3) is 5.32. The zero-order chi connectivity index (χ0) is 13.5. The van der Waals surface area contributed by atoms with Gasteiger partial charge in [-0.1, -0.05) is 19.4 Å². The molecule has 100 valence electrons. The van der Waals surface area contributed by atoms with Crippen molar-refractivity contribution in [3.05, 3.63) is 41.2 Å². The summed E-state index contributed by atoms with van der Waals surface area (Å²) in [6.45, 7) is 9.29. The molecule has 0 amide bonds. The molecular weight excluding hydrogens is 229 g/mol. The second kappa shape index (κ2) is 7.17. The number of halogens is 1. The summed E-state index contributed by atoms with van der Waals surface area (Å²) in [5.74, 6) is 0.507. The predicted molar refractivity (Wildman–Crippen MR) is 73.3 cm³/mol. The molecule has 0 aliphatic rings. The second-order valence-electron chi connectivity index (χ2n) is 4.88. The van der Waals surface area contributed by atoms with Crippen LogP contribution in [0.5, 0.6) is 5.75 Å².